The Bertz CT molecular complexity index is 873. The van der Waals surface area contributed by atoms with Crippen LogP contribution in [-0.2, 0) is 16.0 Å². The van der Waals surface area contributed by atoms with Gasteiger partial charge >= 0.3 is 0 Å². The molecule has 1 unspecified atom stereocenters. The average molecular weight is 356 g/mol. The monoisotopic (exact) mass is 356 g/mol. The summed E-state index contributed by atoms with van der Waals surface area (Å²) < 4.78 is 27.1. The number of carbonyl (C=O) groups is 2. The summed E-state index contributed by atoms with van der Waals surface area (Å²) in [7, 11) is 0. The molecular weight excluding hydrogens is 338 g/mol. The van der Waals surface area contributed by atoms with Gasteiger partial charge in [-0.05, 0) is 48.7 Å². The fourth-order valence-electron chi connectivity index (χ4n) is 2.85. The van der Waals surface area contributed by atoms with Gasteiger partial charge in [0.05, 0.1) is 6.04 Å². The molecule has 0 aromatic heterocycles. The van der Waals surface area contributed by atoms with Crippen molar-refractivity contribution in [1.29, 1.82) is 0 Å². The predicted molar refractivity (Wildman–Crippen MR) is 95.3 cm³/mol. The Labute approximate surface area is 149 Å². The van der Waals surface area contributed by atoms with Crippen LogP contribution in [0, 0.1) is 11.6 Å². The topological polar surface area (TPSA) is 58.2 Å². The molecule has 0 radical (unpaired) electrons. The van der Waals surface area contributed by atoms with Crippen molar-refractivity contribution in [3.8, 4) is 0 Å². The van der Waals surface area contributed by atoms with Crippen molar-refractivity contribution >= 4 is 23.6 Å². The number of benzene rings is 2. The van der Waals surface area contributed by atoms with Crippen molar-refractivity contribution in [2.75, 3.05) is 5.32 Å². The van der Waals surface area contributed by atoms with Crippen LogP contribution in [-0.4, -0.2) is 11.8 Å². The molecular formula is C20H18F2N2O2. The van der Waals surface area contributed by atoms with E-state index in [-0.39, 0.29) is 17.5 Å². The fourth-order valence-corrected chi connectivity index (χ4v) is 2.85. The van der Waals surface area contributed by atoms with E-state index in [1.165, 1.54) is 6.07 Å². The number of halogens is 2. The van der Waals surface area contributed by atoms with Crippen molar-refractivity contribution in [3.63, 3.8) is 0 Å². The first-order chi connectivity index (χ1) is 12.4. The maximum Gasteiger partial charge on any atom is 0.244 e. The van der Waals surface area contributed by atoms with Gasteiger partial charge < -0.3 is 10.6 Å². The van der Waals surface area contributed by atoms with E-state index in [0.29, 0.717) is 12.8 Å². The molecule has 0 fully saturated rings. The Morgan fingerprint density at radius 3 is 2.65 bits per heavy atom. The summed E-state index contributed by atoms with van der Waals surface area (Å²) in [4.78, 5) is 23.5. The number of rotatable bonds is 4. The van der Waals surface area contributed by atoms with Crippen molar-refractivity contribution in [2.45, 2.75) is 25.8 Å². The highest BCUT2D eigenvalue weighted by Gasteiger charge is 2.17. The van der Waals surface area contributed by atoms with Crippen LogP contribution >= 0.6 is 0 Å². The van der Waals surface area contributed by atoms with E-state index >= 15 is 0 Å². The van der Waals surface area contributed by atoms with E-state index in [1.807, 2.05) is 25.1 Å². The number of nitrogens with one attached hydrogen (secondary N) is 2. The Kier molecular flexibility index (Phi) is 5.11. The summed E-state index contributed by atoms with van der Waals surface area (Å²) in [6, 6.07) is 8.83. The molecule has 6 heteroatoms. The lowest BCUT2D eigenvalue weighted by Crippen LogP contribution is -2.25. The maximum absolute atomic E-state index is 13.6. The molecule has 0 bridgehead atoms. The van der Waals surface area contributed by atoms with Crippen molar-refractivity contribution < 1.29 is 18.4 Å². The minimum Gasteiger partial charge on any atom is -0.346 e. The first-order valence-electron chi connectivity index (χ1n) is 8.29. The summed E-state index contributed by atoms with van der Waals surface area (Å²) in [6.07, 6.45) is 3.32. The Balaban J connectivity index is 1.68. The molecule has 0 spiro atoms. The summed E-state index contributed by atoms with van der Waals surface area (Å²) in [5.74, 6) is -1.90. The SMILES string of the molecule is CC(NC(=O)C=Cc1c(F)cccc1F)c1ccc2c(c1)CCC(=O)N2. The number of aryl methyl sites for hydroxylation is 1. The van der Waals surface area contributed by atoms with Crippen LogP contribution < -0.4 is 10.6 Å². The van der Waals surface area contributed by atoms with Crippen LogP contribution in [0.25, 0.3) is 6.08 Å². The summed E-state index contributed by atoms with van der Waals surface area (Å²) in [5, 5.41) is 5.57. The first kappa shape index (κ1) is 17.8. The van der Waals surface area contributed by atoms with E-state index in [1.54, 1.807) is 0 Å². The Hall–Kier alpha value is -3.02. The number of fused-ring (bicyclic) bond motifs is 1. The molecule has 4 nitrogen and oxygen atoms in total. The third-order valence-corrected chi connectivity index (χ3v) is 4.28. The second kappa shape index (κ2) is 7.47. The smallest absolute Gasteiger partial charge is 0.244 e. The van der Waals surface area contributed by atoms with Crippen LogP contribution in [0.5, 0.6) is 0 Å². The van der Waals surface area contributed by atoms with Gasteiger partial charge in [0.25, 0.3) is 0 Å². The summed E-state index contributed by atoms with van der Waals surface area (Å²) in [5.41, 5.74) is 2.45. The molecule has 2 amide bonds. The number of amides is 2. The molecule has 26 heavy (non-hydrogen) atoms. The van der Waals surface area contributed by atoms with Crippen molar-refractivity contribution in [2.24, 2.45) is 0 Å². The van der Waals surface area contributed by atoms with Crippen LogP contribution in [0.3, 0.4) is 0 Å². The second-order valence-corrected chi connectivity index (χ2v) is 6.16. The van der Waals surface area contributed by atoms with Gasteiger partial charge in [0.2, 0.25) is 11.8 Å². The van der Waals surface area contributed by atoms with Crippen LogP contribution in [0.1, 0.15) is 36.1 Å². The van der Waals surface area contributed by atoms with Gasteiger partial charge in [-0.3, -0.25) is 9.59 Å². The van der Waals surface area contributed by atoms with Gasteiger partial charge in [-0.1, -0.05) is 18.2 Å². The highest BCUT2D eigenvalue weighted by Crippen LogP contribution is 2.26. The number of anilines is 1. The zero-order chi connectivity index (χ0) is 18.7. The van der Waals surface area contributed by atoms with E-state index in [2.05, 4.69) is 10.6 Å². The second-order valence-electron chi connectivity index (χ2n) is 6.16. The van der Waals surface area contributed by atoms with Crippen LogP contribution in [0.2, 0.25) is 0 Å². The fraction of sp³-hybridized carbons (Fsp3) is 0.200. The molecule has 1 heterocycles. The zero-order valence-corrected chi connectivity index (χ0v) is 14.2. The van der Waals surface area contributed by atoms with Crippen LogP contribution in [0.15, 0.2) is 42.5 Å². The average Bonchev–Trinajstić information content (AvgIpc) is 2.60. The lowest BCUT2D eigenvalue weighted by molar-refractivity contribution is -0.117. The molecule has 1 aliphatic heterocycles. The molecule has 134 valence electrons. The third kappa shape index (κ3) is 3.96. The van der Waals surface area contributed by atoms with Crippen molar-refractivity contribution in [3.05, 3.63) is 70.8 Å². The number of carbonyl (C=O) groups excluding carboxylic acids is 2. The van der Waals surface area contributed by atoms with E-state index < -0.39 is 17.5 Å². The van der Waals surface area contributed by atoms with Gasteiger partial charge in [-0.15, -0.1) is 0 Å². The van der Waals surface area contributed by atoms with Gasteiger partial charge in [0.15, 0.2) is 0 Å². The lowest BCUT2D eigenvalue weighted by Gasteiger charge is -2.20. The van der Waals surface area contributed by atoms with Crippen LogP contribution in [0.4, 0.5) is 14.5 Å². The van der Waals surface area contributed by atoms with Gasteiger partial charge in [0.1, 0.15) is 11.6 Å². The molecule has 2 aromatic rings. The highest BCUT2D eigenvalue weighted by molar-refractivity contribution is 5.94. The molecule has 1 atom stereocenters. The Morgan fingerprint density at radius 2 is 1.92 bits per heavy atom. The van der Waals surface area contributed by atoms with E-state index in [9.17, 15) is 18.4 Å². The molecule has 2 aromatic carbocycles. The molecule has 0 saturated carbocycles. The first-order valence-corrected chi connectivity index (χ1v) is 8.29. The number of hydrogen-bond donors (Lipinski definition) is 2. The quantitative estimate of drug-likeness (QED) is 0.820. The van der Waals surface area contributed by atoms with Gasteiger partial charge in [0, 0.05) is 23.7 Å². The summed E-state index contributed by atoms with van der Waals surface area (Å²) >= 11 is 0. The lowest BCUT2D eigenvalue weighted by atomic mass is 9.98. The summed E-state index contributed by atoms with van der Waals surface area (Å²) in [6.45, 7) is 1.82. The van der Waals surface area contributed by atoms with Crippen molar-refractivity contribution in [1.82, 2.24) is 5.32 Å². The minimum atomic E-state index is -0.723. The molecule has 0 saturated heterocycles. The molecule has 0 aliphatic carbocycles. The standard InChI is InChI=1S/C20H18F2N2O2/c1-12(13-5-8-18-14(11-13)6-9-20(26)24-18)23-19(25)10-7-15-16(21)3-2-4-17(15)22/h2-5,7-8,10-12H,6,9H2,1H3,(H,23,25)(H,24,26). The van der Waals surface area contributed by atoms with Gasteiger partial charge in [-0.25, -0.2) is 8.78 Å². The Morgan fingerprint density at radius 1 is 1.19 bits per heavy atom. The molecule has 1 aliphatic rings. The molecule has 3 rings (SSSR count). The zero-order valence-electron chi connectivity index (χ0n) is 14.2. The minimum absolute atomic E-state index is 0.00267. The van der Waals surface area contributed by atoms with Gasteiger partial charge in [-0.2, -0.15) is 0 Å². The largest absolute Gasteiger partial charge is 0.346 e. The van der Waals surface area contributed by atoms with E-state index in [0.717, 1.165) is 41.1 Å². The number of hydrogen-bond acceptors (Lipinski definition) is 2. The normalized spacial score (nSPS) is 14.7. The highest BCUT2D eigenvalue weighted by atomic mass is 19.1. The maximum atomic E-state index is 13.6. The third-order valence-electron chi connectivity index (χ3n) is 4.28. The van der Waals surface area contributed by atoms with E-state index in [4.69, 9.17) is 0 Å². The predicted octanol–water partition coefficient (Wildman–Crippen LogP) is 3.74. The molecule has 2 N–H and O–H groups in total.